The molecular formula is C21H22ClN7O. The number of rotatable bonds is 4. The van der Waals surface area contributed by atoms with Gasteiger partial charge in [0.05, 0.1) is 35.9 Å². The van der Waals surface area contributed by atoms with Crippen LogP contribution in [0.2, 0.25) is 5.02 Å². The molecule has 1 aliphatic rings. The van der Waals surface area contributed by atoms with Gasteiger partial charge in [0.25, 0.3) is 0 Å². The van der Waals surface area contributed by atoms with Crippen LogP contribution in [0.1, 0.15) is 24.8 Å². The van der Waals surface area contributed by atoms with Crippen LogP contribution in [0, 0.1) is 5.92 Å². The van der Waals surface area contributed by atoms with Crippen LogP contribution in [0.4, 0.5) is 5.95 Å². The predicted molar refractivity (Wildman–Crippen MR) is 115 cm³/mol. The lowest BCUT2D eigenvalue weighted by Crippen LogP contribution is -2.39. The molecule has 5 rings (SSSR count). The van der Waals surface area contributed by atoms with Gasteiger partial charge in [-0.3, -0.25) is 9.50 Å². The number of pyridine rings is 1. The highest BCUT2D eigenvalue weighted by molar-refractivity contribution is 6.30. The number of anilines is 1. The fourth-order valence-corrected chi connectivity index (χ4v) is 4.34. The molecule has 0 spiro atoms. The predicted octanol–water partition coefficient (Wildman–Crippen LogP) is 3.81. The Kier molecular flexibility index (Phi) is 4.78. The molecule has 0 radical (unpaired) electrons. The molecular weight excluding hydrogens is 402 g/mol. The van der Waals surface area contributed by atoms with Gasteiger partial charge in [-0.05, 0) is 30.0 Å². The summed E-state index contributed by atoms with van der Waals surface area (Å²) in [4.78, 5) is 16.2. The highest BCUT2D eigenvalue weighted by Gasteiger charge is 2.28. The van der Waals surface area contributed by atoms with Crippen LogP contribution in [0.5, 0.6) is 5.88 Å². The van der Waals surface area contributed by atoms with Crippen molar-refractivity contribution in [3.8, 4) is 17.3 Å². The van der Waals surface area contributed by atoms with Gasteiger partial charge >= 0.3 is 0 Å². The number of nitrogens with one attached hydrogen (secondary N) is 1. The van der Waals surface area contributed by atoms with Crippen LogP contribution in [0.25, 0.3) is 17.0 Å². The zero-order valence-corrected chi connectivity index (χ0v) is 17.5. The lowest BCUT2D eigenvalue weighted by Gasteiger charge is -2.36. The molecule has 2 atom stereocenters. The Morgan fingerprint density at radius 2 is 2.10 bits per heavy atom. The van der Waals surface area contributed by atoms with Crippen LogP contribution < -0.4 is 9.64 Å². The Balaban J connectivity index is 1.55. The summed E-state index contributed by atoms with van der Waals surface area (Å²) in [6, 6.07) is 5.53. The number of aromatic nitrogens is 6. The minimum atomic E-state index is 0.375. The van der Waals surface area contributed by atoms with Crippen molar-refractivity contribution in [1.82, 2.24) is 29.5 Å². The molecule has 154 valence electrons. The van der Waals surface area contributed by atoms with Gasteiger partial charge in [0.1, 0.15) is 5.65 Å². The average molecular weight is 424 g/mol. The summed E-state index contributed by atoms with van der Waals surface area (Å²) in [5, 5.41) is 7.67. The van der Waals surface area contributed by atoms with Crippen LogP contribution in [0.15, 0.2) is 43.0 Å². The van der Waals surface area contributed by atoms with Crippen molar-refractivity contribution in [3.63, 3.8) is 0 Å². The first-order valence-corrected chi connectivity index (χ1v) is 10.3. The van der Waals surface area contributed by atoms with Gasteiger partial charge < -0.3 is 9.64 Å². The summed E-state index contributed by atoms with van der Waals surface area (Å²) in [7, 11) is 1.62. The van der Waals surface area contributed by atoms with Crippen LogP contribution in [-0.2, 0) is 0 Å². The molecule has 0 saturated carbocycles. The molecule has 1 fully saturated rings. The van der Waals surface area contributed by atoms with Gasteiger partial charge in [-0.25, -0.2) is 9.97 Å². The number of ether oxygens (including phenoxy) is 1. The molecule has 1 N–H and O–H groups in total. The molecule has 0 aromatic carbocycles. The molecule has 0 aliphatic carbocycles. The van der Waals surface area contributed by atoms with E-state index in [0.29, 0.717) is 28.7 Å². The fraction of sp³-hybridized carbons (Fsp3) is 0.333. The van der Waals surface area contributed by atoms with Gasteiger partial charge in [-0.1, -0.05) is 18.5 Å². The number of aromatic amines is 1. The Morgan fingerprint density at radius 1 is 1.20 bits per heavy atom. The monoisotopic (exact) mass is 423 g/mol. The number of hydrogen-bond donors (Lipinski definition) is 1. The molecule has 1 aliphatic heterocycles. The maximum absolute atomic E-state index is 6.21. The van der Waals surface area contributed by atoms with E-state index in [4.69, 9.17) is 21.3 Å². The Labute approximate surface area is 178 Å². The van der Waals surface area contributed by atoms with E-state index in [0.717, 1.165) is 36.5 Å². The van der Waals surface area contributed by atoms with Gasteiger partial charge in [0.2, 0.25) is 11.8 Å². The molecule has 1 saturated heterocycles. The molecule has 0 unspecified atom stereocenters. The van der Waals surface area contributed by atoms with E-state index >= 15 is 0 Å². The lowest BCUT2D eigenvalue weighted by atomic mass is 9.87. The largest absolute Gasteiger partial charge is 0.481 e. The fourth-order valence-electron chi connectivity index (χ4n) is 4.17. The lowest BCUT2D eigenvalue weighted by molar-refractivity contribution is 0.385. The van der Waals surface area contributed by atoms with Crippen LogP contribution in [0.3, 0.4) is 0 Å². The van der Waals surface area contributed by atoms with Gasteiger partial charge in [-0.15, -0.1) is 0 Å². The summed E-state index contributed by atoms with van der Waals surface area (Å²) >= 11 is 6.21. The Hall–Kier alpha value is -3.13. The summed E-state index contributed by atoms with van der Waals surface area (Å²) in [6.45, 7) is 3.97. The number of halogens is 1. The molecule has 0 amide bonds. The van der Waals surface area contributed by atoms with Crippen molar-refractivity contribution in [3.05, 3.63) is 53.6 Å². The summed E-state index contributed by atoms with van der Waals surface area (Å²) < 4.78 is 7.43. The average Bonchev–Trinajstić information content (AvgIpc) is 3.43. The zero-order chi connectivity index (χ0) is 20.7. The van der Waals surface area contributed by atoms with Crippen molar-refractivity contribution >= 4 is 23.2 Å². The van der Waals surface area contributed by atoms with E-state index in [1.807, 2.05) is 41.2 Å². The van der Waals surface area contributed by atoms with Crippen molar-refractivity contribution in [2.24, 2.45) is 5.92 Å². The summed E-state index contributed by atoms with van der Waals surface area (Å²) in [6.07, 6.45) is 8.62. The minimum absolute atomic E-state index is 0.375. The first-order valence-electron chi connectivity index (χ1n) is 9.90. The molecule has 4 aromatic rings. The van der Waals surface area contributed by atoms with Crippen LogP contribution in [-0.4, -0.2) is 49.7 Å². The number of piperidine rings is 1. The second-order valence-electron chi connectivity index (χ2n) is 7.79. The van der Waals surface area contributed by atoms with Crippen molar-refractivity contribution < 1.29 is 4.74 Å². The van der Waals surface area contributed by atoms with Gasteiger partial charge in [0.15, 0.2) is 0 Å². The van der Waals surface area contributed by atoms with E-state index in [2.05, 4.69) is 32.0 Å². The number of imidazole rings is 1. The first-order chi connectivity index (χ1) is 14.6. The normalized spacial score (nSPS) is 19.4. The number of H-pyrrole nitrogens is 1. The summed E-state index contributed by atoms with van der Waals surface area (Å²) in [5.41, 5.74) is 3.60. The van der Waals surface area contributed by atoms with Crippen molar-refractivity contribution in [1.29, 1.82) is 0 Å². The minimum Gasteiger partial charge on any atom is -0.481 e. The maximum Gasteiger partial charge on any atom is 0.229 e. The van der Waals surface area contributed by atoms with Gasteiger partial charge in [-0.2, -0.15) is 10.1 Å². The number of methoxy groups -OCH3 is 1. The van der Waals surface area contributed by atoms with Gasteiger partial charge in [0, 0.05) is 37.5 Å². The number of nitrogens with zero attached hydrogens (tertiary/aromatic N) is 6. The molecule has 9 heteroatoms. The SMILES string of the molecule is COc1cc(-c2cnc3ccc(Cl)cn23)nc(N2C[C@@H](C)C[C@@H](c3cn[nH]c3)C2)n1. The quantitative estimate of drug-likeness (QED) is 0.537. The Morgan fingerprint density at radius 3 is 2.90 bits per heavy atom. The molecule has 8 nitrogen and oxygen atoms in total. The topological polar surface area (TPSA) is 84.2 Å². The van der Waals surface area contributed by atoms with E-state index < -0.39 is 0 Å². The molecule has 30 heavy (non-hydrogen) atoms. The van der Waals surface area contributed by atoms with E-state index in [1.165, 1.54) is 5.56 Å². The molecule has 0 bridgehead atoms. The van der Waals surface area contributed by atoms with E-state index in [-0.39, 0.29) is 0 Å². The third kappa shape index (κ3) is 3.47. The highest BCUT2D eigenvalue weighted by atomic mass is 35.5. The Bertz CT molecular complexity index is 1170. The second kappa shape index (κ2) is 7.60. The number of hydrogen-bond acceptors (Lipinski definition) is 6. The van der Waals surface area contributed by atoms with Crippen LogP contribution >= 0.6 is 11.6 Å². The third-order valence-corrected chi connectivity index (χ3v) is 5.79. The smallest absolute Gasteiger partial charge is 0.229 e. The molecule has 4 aromatic heterocycles. The first kappa shape index (κ1) is 18.9. The standard InChI is InChI=1S/C21H22ClN7O/c1-13-5-14(15-7-24-25-8-15)11-28(10-13)21-26-17(6-20(27-21)30-2)18-9-23-19-4-3-16(22)12-29(18)19/h3-4,6-9,12-14H,5,10-11H2,1-2H3,(H,24,25)/t13-,14+/m0/s1. The highest BCUT2D eigenvalue weighted by Crippen LogP contribution is 2.33. The maximum atomic E-state index is 6.21. The van der Waals surface area contributed by atoms with E-state index in [9.17, 15) is 0 Å². The second-order valence-corrected chi connectivity index (χ2v) is 8.23. The van der Waals surface area contributed by atoms with Crippen molar-refractivity contribution in [2.75, 3.05) is 25.1 Å². The zero-order valence-electron chi connectivity index (χ0n) is 16.8. The van der Waals surface area contributed by atoms with E-state index in [1.54, 1.807) is 13.3 Å². The summed E-state index contributed by atoms with van der Waals surface area (Å²) in [5.74, 6) is 2.05. The molecule has 5 heterocycles. The van der Waals surface area contributed by atoms with Crippen molar-refractivity contribution in [2.45, 2.75) is 19.3 Å². The third-order valence-electron chi connectivity index (χ3n) is 5.57. The number of fused-ring (bicyclic) bond motifs is 1.